The summed E-state index contributed by atoms with van der Waals surface area (Å²) in [5.41, 5.74) is -0.616. The van der Waals surface area contributed by atoms with Gasteiger partial charge in [0, 0.05) is 12.3 Å². The molecule has 0 aliphatic carbocycles. The Morgan fingerprint density at radius 3 is 2.68 bits per heavy atom. The Morgan fingerprint density at radius 2 is 2.12 bits per heavy atom. The second-order valence-electron chi connectivity index (χ2n) is 5.31. The van der Waals surface area contributed by atoms with Gasteiger partial charge >= 0.3 is 6.18 Å². The summed E-state index contributed by atoms with van der Waals surface area (Å²) in [6.07, 6.45) is -3.47. The van der Waals surface area contributed by atoms with Gasteiger partial charge in [-0.2, -0.15) is 13.2 Å². The number of nitrogens with zero attached hydrogens (tertiary/aromatic N) is 3. The van der Waals surface area contributed by atoms with Gasteiger partial charge in [-0.15, -0.1) is 0 Å². The Kier molecular flexibility index (Phi) is 4.19. The number of hydrogen-bond acceptors (Lipinski definition) is 4. The largest absolute Gasteiger partial charge is 0.417 e. The molecule has 6 nitrogen and oxygen atoms in total. The summed E-state index contributed by atoms with van der Waals surface area (Å²) in [6.45, 7) is 3.38. The predicted molar refractivity (Wildman–Crippen MR) is 83.8 cm³/mol. The lowest BCUT2D eigenvalue weighted by atomic mass is 10.2. The fourth-order valence-electron chi connectivity index (χ4n) is 2.39. The molecule has 0 bridgehead atoms. The van der Waals surface area contributed by atoms with E-state index in [2.05, 4.69) is 15.5 Å². The maximum Gasteiger partial charge on any atom is 0.417 e. The molecule has 0 aliphatic heterocycles. The van der Waals surface area contributed by atoms with Gasteiger partial charge in [0.2, 0.25) is 0 Å². The van der Waals surface area contributed by atoms with E-state index in [1.165, 1.54) is 6.07 Å². The number of fused-ring (bicyclic) bond motifs is 1. The number of halogens is 4. The molecule has 0 atom stereocenters. The van der Waals surface area contributed by atoms with Gasteiger partial charge in [0.25, 0.3) is 5.91 Å². The molecule has 0 aliphatic rings. The number of rotatable bonds is 3. The van der Waals surface area contributed by atoms with Gasteiger partial charge in [0.15, 0.2) is 11.5 Å². The van der Waals surface area contributed by atoms with E-state index in [1.54, 1.807) is 13.8 Å². The Hall–Kier alpha value is -2.55. The molecule has 0 unspecified atom stereocenters. The van der Waals surface area contributed by atoms with E-state index in [1.807, 2.05) is 0 Å². The number of pyridine rings is 1. The van der Waals surface area contributed by atoms with Crippen molar-refractivity contribution in [1.82, 2.24) is 14.5 Å². The summed E-state index contributed by atoms with van der Waals surface area (Å²) < 4.78 is 45.1. The van der Waals surface area contributed by atoms with Crippen molar-refractivity contribution in [3.05, 3.63) is 46.1 Å². The SMILES string of the molecule is CCc1nc2c(Cl)cc(C(F)(F)F)cn2c1C(=O)Nc1cc(C)on1. The van der Waals surface area contributed by atoms with Crippen LogP contribution in [0, 0.1) is 6.92 Å². The summed E-state index contributed by atoms with van der Waals surface area (Å²) in [7, 11) is 0. The highest BCUT2D eigenvalue weighted by Crippen LogP contribution is 2.33. The maximum atomic E-state index is 13.1. The topological polar surface area (TPSA) is 72.4 Å². The van der Waals surface area contributed by atoms with Crippen molar-refractivity contribution in [3.8, 4) is 0 Å². The number of hydrogen-bond donors (Lipinski definition) is 1. The summed E-state index contributed by atoms with van der Waals surface area (Å²) in [4.78, 5) is 16.8. The second-order valence-corrected chi connectivity index (χ2v) is 5.71. The third kappa shape index (κ3) is 3.19. The monoisotopic (exact) mass is 372 g/mol. The molecule has 0 saturated heterocycles. The van der Waals surface area contributed by atoms with E-state index >= 15 is 0 Å². The van der Waals surface area contributed by atoms with Gasteiger partial charge in [-0.05, 0) is 19.4 Å². The minimum atomic E-state index is -4.61. The van der Waals surface area contributed by atoms with E-state index in [4.69, 9.17) is 16.1 Å². The van der Waals surface area contributed by atoms with Crippen LogP contribution in [-0.4, -0.2) is 20.4 Å². The smallest absolute Gasteiger partial charge is 0.360 e. The maximum absolute atomic E-state index is 13.1. The van der Waals surface area contributed by atoms with E-state index in [0.717, 1.165) is 16.7 Å². The third-order valence-electron chi connectivity index (χ3n) is 3.49. The normalized spacial score (nSPS) is 11.9. The molecule has 1 N–H and O–H groups in total. The zero-order chi connectivity index (χ0) is 18.4. The number of aromatic nitrogens is 3. The predicted octanol–water partition coefficient (Wildman–Crippen LogP) is 4.12. The Balaban J connectivity index is 2.14. The van der Waals surface area contributed by atoms with Gasteiger partial charge in [-0.3, -0.25) is 9.20 Å². The number of imidazole rings is 1. The molecule has 3 rings (SSSR count). The lowest BCUT2D eigenvalue weighted by Gasteiger charge is -2.09. The molecule has 0 aromatic carbocycles. The van der Waals surface area contributed by atoms with Crippen LogP contribution in [0.1, 0.15) is 34.4 Å². The summed E-state index contributed by atoms with van der Waals surface area (Å²) in [5, 5.41) is 5.92. The van der Waals surface area contributed by atoms with Gasteiger partial charge in [-0.25, -0.2) is 4.98 Å². The summed E-state index contributed by atoms with van der Waals surface area (Å²) >= 11 is 5.94. The van der Waals surface area contributed by atoms with Crippen molar-refractivity contribution in [2.75, 3.05) is 5.32 Å². The van der Waals surface area contributed by atoms with E-state index < -0.39 is 17.6 Å². The lowest BCUT2D eigenvalue weighted by Crippen LogP contribution is -2.17. The number of carbonyl (C=O) groups excluding carboxylic acids is 1. The molecular formula is C15H12ClF3N4O2. The molecule has 0 saturated carbocycles. The van der Waals surface area contributed by atoms with Gasteiger partial charge in [0.05, 0.1) is 16.3 Å². The zero-order valence-electron chi connectivity index (χ0n) is 13.1. The number of alkyl halides is 3. The van der Waals surface area contributed by atoms with Crippen LogP contribution in [0.5, 0.6) is 0 Å². The van der Waals surface area contributed by atoms with Crippen LogP contribution in [0.2, 0.25) is 5.02 Å². The van der Waals surface area contributed by atoms with Gasteiger partial charge in [0.1, 0.15) is 11.5 Å². The highest BCUT2D eigenvalue weighted by atomic mass is 35.5. The highest BCUT2D eigenvalue weighted by molar-refractivity contribution is 6.33. The minimum absolute atomic E-state index is 0.0360. The molecule has 0 fully saturated rings. The first-order valence-corrected chi connectivity index (χ1v) is 7.60. The lowest BCUT2D eigenvalue weighted by molar-refractivity contribution is -0.137. The van der Waals surface area contributed by atoms with Gasteiger partial charge in [-0.1, -0.05) is 23.7 Å². The molecule has 0 radical (unpaired) electrons. The summed E-state index contributed by atoms with van der Waals surface area (Å²) in [5.74, 6) is -0.0304. The number of amides is 1. The quantitative estimate of drug-likeness (QED) is 0.750. The van der Waals surface area contributed by atoms with Crippen molar-refractivity contribution < 1.29 is 22.5 Å². The fraction of sp³-hybridized carbons (Fsp3) is 0.267. The molecule has 1 amide bonds. The molecule has 3 heterocycles. The minimum Gasteiger partial charge on any atom is -0.360 e. The average molecular weight is 373 g/mol. The van der Waals surface area contributed by atoms with Crippen LogP contribution in [0.15, 0.2) is 22.9 Å². The molecule has 25 heavy (non-hydrogen) atoms. The van der Waals surface area contributed by atoms with Crippen molar-refractivity contribution in [2.45, 2.75) is 26.4 Å². The first-order valence-electron chi connectivity index (χ1n) is 7.23. The second kappa shape index (κ2) is 6.07. The fourth-order valence-corrected chi connectivity index (χ4v) is 2.64. The van der Waals surface area contributed by atoms with Crippen molar-refractivity contribution in [2.24, 2.45) is 0 Å². The Labute approximate surface area is 144 Å². The first-order chi connectivity index (χ1) is 11.7. The zero-order valence-corrected chi connectivity index (χ0v) is 13.9. The van der Waals surface area contributed by atoms with Gasteiger partial charge < -0.3 is 9.84 Å². The average Bonchev–Trinajstić information content (AvgIpc) is 3.09. The number of carbonyl (C=O) groups is 1. The van der Waals surface area contributed by atoms with Crippen LogP contribution in [-0.2, 0) is 12.6 Å². The highest BCUT2D eigenvalue weighted by Gasteiger charge is 2.33. The van der Waals surface area contributed by atoms with Crippen molar-refractivity contribution in [3.63, 3.8) is 0 Å². The standard InChI is InChI=1S/C15H12ClF3N4O2/c1-3-10-12(14(24)21-11-4-7(2)25-22-11)23-6-8(15(17,18)19)5-9(16)13(23)20-10/h4-6H,3H2,1-2H3,(H,21,22,24). The molecular weight excluding hydrogens is 361 g/mol. The summed E-state index contributed by atoms with van der Waals surface area (Å²) in [6, 6.07) is 2.27. The Bertz CT molecular complexity index is 962. The third-order valence-corrected chi connectivity index (χ3v) is 3.77. The van der Waals surface area contributed by atoms with E-state index in [0.29, 0.717) is 17.9 Å². The van der Waals surface area contributed by atoms with Crippen LogP contribution >= 0.6 is 11.6 Å². The van der Waals surface area contributed by atoms with E-state index in [-0.39, 0.29) is 22.2 Å². The van der Waals surface area contributed by atoms with Crippen LogP contribution < -0.4 is 5.32 Å². The molecule has 3 aromatic heterocycles. The van der Waals surface area contributed by atoms with Crippen molar-refractivity contribution in [1.29, 1.82) is 0 Å². The first kappa shape index (κ1) is 17.3. The van der Waals surface area contributed by atoms with E-state index in [9.17, 15) is 18.0 Å². The number of anilines is 1. The number of nitrogens with one attached hydrogen (secondary N) is 1. The van der Waals surface area contributed by atoms with Crippen LogP contribution in [0.4, 0.5) is 19.0 Å². The molecule has 3 aromatic rings. The Morgan fingerprint density at radius 1 is 1.40 bits per heavy atom. The molecule has 0 spiro atoms. The molecule has 132 valence electrons. The van der Waals surface area contributed by atoms with Crippen molar-refractivity contribution >= 4 is 29.0 Å². The number of aryl methyl sites for hydroxylation is 2. The molecule has 10 heteroatoms. The van der Waals surface area contributed by atoms with Crippen LogP contribution in [0.25, 0.3) is 5.65 Å². The van der Waals surface area contributed by atoms with Crippen LogP contribution in [0.3, 0.4) is 0 Å².